The van der Waals surface area contributed by atoms with E-state index in [1.54, 1.807) is 0 Å². The van der Waals surface area contributed by atoms with E-state index < -0.39 is 0 Å². The van der Waals surface area contributed by atoms with E-state index in [0.717, 1.165) is 25.5 Å². The van der Waals surface area contributed by atoms with Gasteiger partial charge in [-0.15, -0.1) is 0 Å². The Morgan fingerprint density at radius 3 is 2.25 bits per heavy atom. The number of hydrogen-bond donors (Lipinski definition) is 1. The van der Waals surface area contributed by atoms with Crippen LogP contribution >= 0.6 is 0 Å². The summed E-state index contributed by atoms with van der Waals surface area (Å²) in [5.41, 5.74) is 0.240. The van der Waals surface area contributed by atoms with Crippen molar-refractivity contribution in [2.45, 2.75) is 60.0 Å². The van der Waals surface area contributed by atoms with Gasteiger partial charge in [0.25, 0.3) is 0 Å². The van der Waals surface area contributed by atoms with Gasteiger partial charge in [-0.05, 0) is 48.1 Å². The average Bonchev–Trinajstić information content (AvgIpc) is 2.08. The van der Waals surface area contributed by atoms with Crippen molar-refractivity contribution in [2.75, 3.05) is 19.6 Å². The Morgan fingerprint density at radius 1 is 1.31 bits per heavy atom. The standard InChI is InChI=1S/C13H29N3/c1-8-16(13(5,6)7)10-9-14-12(4)15-11(2)3/h11H,8-10H2,1-7H3,(H,14,15). The fraction of sp³-hybridized carbons (Fsp3) is 0.923. The van der Waals surface area contributed by atoms with Gasteiger partial charge in [-0.3, -0.25) is 9.89 Å². The van der Waals surface area contributed by atoms with Crippen molar-refractivity contribution >= 4 is 5.84 Å². The van der Waals surface area contributed by atoms with Gasteiger partial charge in [-0.1, -0.05) is 6.92 Å². The van der Waals surface area contributed by atoms with E-state index in [2.05, 4.69) is 56.8 Å². The topological polar surface area (TPSA) is 27.6 Å². The van der Waals surface area contributed by atoms with E-state index in [0.29, 0.717) is 6.04 Å². The molecule has 0 aromatic heterocycles. The fourth-order valence-electron chi connectivity index (χ4n) is 1.77. The average molecular weight is 227 g/mol. The summed E-state index contributed by atoms with van der Waals surface area (Å²) in [4.78, 5) is 6.97. The summed E-state index contributed by atoms with van der Waals surface area (Å²) in [6.45, 7) is 18.2. The molecule has 0 unspecified atom stereocenters. The molecule has 0 heterocycles. The molecule has 0 aliphatic carbocycles. The zero-order chi connectivity index (χ0) is 12.8. The first kappa shape index (κ1) is 15.4. The SMILES string of the molecule is CCN(CCN=C(C)NC(C)C)C(C)(C)C. The van der Waals surface area contributed by atoms with Crippen LogP contribution in [0, 0.1) is 0 Å². The third-order valence-corrected chi connectivity index (χ3v) is 2.55. The highest BCUT2D eigenvalue weighted by molar-refractivity contribution is 5.79. The maximum atomic E-state index is 4.53. The van der Waals surface area contributed by atoms with Gasteiger partial charge in [-0.25, -0.2) is 0 Å². The summed E-state index contributed by atoms with van der Waals surface area (Å²) in [7, 11) is 0. The van der Waals surface area contributed by atoms with Gasteiger partial charge in [0.15, 0.2) is 0 Å². The Balaban J connectivity index is 4.04. The van der Waals surface area contributed by atoms with Crippen LogP contribution in [0.3, 0.4) is 0 Å². The summed E-state index contributed by atoms with van der Waals surface area (Å²) in [6.07, 6.45) is 0. The van der Waals surface area contributed by atoms with Crippen LogP contribution in [0.25, 0.3) is 0 Å². The molecule has 0 aliphatic heterocycles. The molecule has 0 atom stereocenters. The minimum absolute atomic E-state index is 0.240. The van der Waals surface area contributed by atoms with Gasteiger partial charge in [-0.2, -0.15) is 0 Å². The lowest BCUT2D eigenvalue weighted by Gasteiger charge is -2.34. The smallest absolute Gasteiger partial charge is 0.0934 e. The Hall–Kier alpha value is -0.570. The molecule has 0 radical (unpaired) electrons. The van der Waals surface area contributed by atoms with Crippen molar-refractivity contribution in [3.8, 4) is 0 Å². The van der Waals surface area contributed by atoms with Crippen LogP contribution < -0.4 is 5.32 Å². The number of rotatable bonds is 5. The summed E-state index contributed by atoms with van der Waals surface area (Å²) < 4.78 is 0. The van der Waals surface area contributed by atoms with Crippen molar-refractivity contribution in [3.63, 3.8) is 0 Å². The molecular formula is C13H29N3. The van der Waals surface area contributed by atoms with E-state index in [1.807, 2.05) is 6.92 Å². The second-order valence-corrected chi connectivity index (χ2v) is 5.52. The molecule has 1 N–H and O–H groups in total. The molecule has 96 valence electrons. The molecule has 16 heavy (non-hydrogen) atoms. The number of nitrogens with one attached hydrogen (secondary N) is 1. The molecule has 3 heteroatoms. The van der Waals surface area contributed by atoms with Gasteiger partial charge in [0, 0.05) is 18.1 Å². The summed E-state index contributed by atoms with van der Waals surface area (Å²) in [5.74, 6) is 1.04. The van der Waals surface area contributed by atoms with Crippen LogP contribution in [0.5, 0.6) is 0 Å². The third kappa shape index (κ3) is 6.83. The van der Waals surface area contributed by atoms with Gasteiger partial charge in [0.2, 0.25) is 0 Å². The van der Waals surface area contributed by atoms with Crippen LogP contribution in [0.15, 0.2) is 4.99 Å². The Bertz CT molecular complexity index is 214. The zero-order valence-electron chi connectivity index (χ0n) is 12.1. The third-order valence-electron chi connectivity index (χ3n) is 2.55. The van der Waals surface area contributed by atoms with E-state index in [4.69, 9.17) is 0 Å². The van der Waals surface area contributed by atoms with Gasteiger partial charge >= 0.3 is 0 Å². The van der Waals surface area contributed by atoms with Gasteiger partial charge < -0.3 is 5.32 Å². The number of hydrogen-bond acceptors (Lipinski definition) is 2. The first-order valence-electron chi connectivity index (χ1n) is 6.30. The molecule has 0 saturated carbocycles. The first-order chi connectivity index (χ1) is 7.27. The molecule has 3 nitrogen and oxygen atoms in total. The highest BCUT2D eigenvalue weighted by Gasteiger charge is 2.18. The van der Waals surface area contributed by atoms with Crippen molar-refractivity contribution < 1.29 is 0 Å². The van der Waals surface area contributed by atoms with Crippen LogP contribution in [0.2, 0.25) is 0 Å². The van der Waals surface area contributed by atoms with Crippen molar-refractivity contribution in [3.05, 3.63) is 0 Å². The maximum absolute atomic E-state index is 4.53. The quantitative estimate of drug-likeness (QED) is 0.577. The first-order valence-corrected chi connectivity index (χ1v) is 6.30. The molecule has 0 bridgehead atoms. The largest absolute Gasteiger partial charge is 0.372 e. The highest BCUT2D eigenvalue weighted by Crippen LogP contribution is 2.11. The lowest BCUT2D eigenvalue weighted by molar-refractivity contribution is 0.150. The Labute approximate surface area is 101 Å². The van der Waals surface area contributed by atoms with E-state index in [-0.39, 0.29) is 5.54 Å². The van der Waals surface area contributed by atoms with Crippen molar-refractivity contribution in [1.82, 2.24) is 10.2 Å². The van der Waals surface area contributed by atoms with E-state index >= 15 is 0 Å². The molecule has 0 amide bonds. The minimum atomic E-state index is 0.240. The van der Waals surface area contributed by atoms with Crippen LogP contribution in [-0.2, 0) is 0 Å². The van der Waals surface area contributed by atoms with E-state index in [1.165, 1.54) is 0 Å². The molecule has 0 spiro atoms. The van der Waals surface area contributed by atoms with E-state index in [9.17, 15) is 0 Å². The van der Waals surface area contributed by atoms with Crippen molar-refractivity contribution in [2.24, 2.45) is 4.99 Å². The monoisotopic (exact) mass is 227 g/mol. The normalized spacial score (nSPS) is 13.7. The summed E-state index contributed by atoms with van der Waals surface area (Å²) in [6, 6.07) is 0.466. The second-order valence-electron chi connectivity index (χ2n) is 5.52. The molecular weight excluding hydrogens is 198 g/mol. The van der Waals surface area contributed by atoms with Crippen LogP contribution in [0.4, 0.5) is 0 Å². The Kier molecular flexibility index (Phi) is 6.65. The summed E-state index contributed by atoms with van der Waals surface area (Å²) >= 11 is 0. The van der Waals surface area contributed by atoms with Crippen LogP contribution in [0.1, 0.15) is 48.5 Å². The number of likely N-dealkylation sites (N-methyl/N-ethyl adjacent to an activating group) is 1. The molecule has 0 fully saturated rings. The molecule has 0 saturated heterocycles. The van der Waals surface area contributed by atoms with Gasteiger partial charge in [0.1, 0.15) is 0 Å². The number of nitrogens with zero attached hydrogens (tertiary/aromatic N) is 2. The summed E-state index contributed by atoms with van der Waals surface area (Å²) in [5, 5.41) is 3.30. The number of amidine groups is 1. The maximum Gasteiger partial charge on any atom is 0.0934 e. The fourth-order valence-corrected chi connectivity index (χ4v) is 1.77. The predicted octanol–water partition coefficient (Wildman–Crippen LogP) is 2.52. The Morgan fingerprint density at radius 2 is 1.88 bits per heavy atom. The highest BCUT2D eigenvalue weighted by atomic mass is 15.2. The van der Waals surface area contributed by atoms with Crippen LogP contribution in [-0.4, -0.2) is 42.0 Å². The molecule has 0 aromatic rings. The predicted molar refractivity (Wildman–Crippen MR) is 73.2 cm³/mol. The van der Waals surface area contributed by atoms with Gasteiger partial charge in [0.05, 0.1) is 12.4 Å². The lowest BCUT2D eigenvalue weighted by Crippen LogP contribution is -2.42. The zero-order valence-corrected chi connectivity index (χ0v) is 12.1. The molecule has 0 aromatic carbocycles. The number of aliphatic imine (C=N–C) groups is 1. The lowest BCUT2D eigenvalue weighted by atomic mass is 10.1. The molecule has 0 aliphatic rings. The second kappa shape index (κ2) is 6.89. The van der Waals surface area contributed by atoms with Crippen molar-refractivity contribution in [1.29, 1.82) is 0 Å². The minimum Gasteiger partial charge on any atom is -0.372 e. The molecule has 0 rings (SSSR count).